The number of nitrogens with zero attached hydrogens (tertiary/aromatic N) is 1. The van der Waals surface area contributed by atoms with E-state index in [9.17, 15) is 8.42 Å². The lowest BCUT2D eigenvalue weighted by molar-refractivity contribution is 0.0402. The van der Waals surface area contributed by atoms with Gasteiger partial charge in [0.05, 0.1) is 14.9 Å². The molecular formula is C11H16BrClN2O3S2. The first-order valence-electron chi connectivity index (χ1n) is 6.09. The Morgan fingerprint density at radius 2 is 2.35 bits per heavy atom. The first kappa shape index (κ1) is 16.7. The van der Waals surface area contributed by atoms with Gasteiger partial charge >= 0.3 is 0 Å². The topological polar surface area (TPSA) is 72.6 Å². The maximum atomic E-state index is 12.7. The van der Waals surface area contributed by atoms with E-state index in [1.807, 2.05) is 0 Å². The van der Waals surface area contributed by atoms with Crippen LogP contribution in [0.2, 0.25) is 5.02 Å². The summed E-state index contributed by atoms with van der Waals surface area (Å²) in [5, 5.41) is 0.407. The average Bonchev–Trinajstić information content (AvgIpc) is 2.78. The second-order valence-electron chi connectivity index (χ2n) is 4.57. The Labute approximate surface area is 136 Å². The SMILES string of the molecule is COC1CCN(S(=O)(=O)c2cc(Cl)c(Br)s2)C(CN)C1. The Morgan fingerprint density at radius 3 is 2.85 bits per heavy atom. The van der Waals surface area contributed by atoms with Gasteiger partial charge in [-0.1, -0.05) is 11.6 Å². The molecular weight excluding hydrogens is 388 g/mol. The highest BCUT2D eigenvalue weighted by Crippen LogP contribution is 2.37. The smallest absolute Gasteiger partial charge is 0.252 e. The zero-order chi connectivity index (χ0) is 14.9. The molecule has 1 fully saturated rings. The van der Waals surface area contributed by atoms with Crippen LogP contribution in [0.25, 0.3) is 0 Å². The fourth-order valence-corrected chi connectivity index (χ4v) is 6.50. The van der Waals surface area contributed by atoms with Crippen LogP contribution < -0.4 is 5.73 Å². The number of sulfonamides is 1. The van der Waals surface area contributed by atoms with Crippen molar-refractivity contribution >= 4 is 48.9 Å². The molecule has 0 amide bonds. The summed E-state index contributed by atoms with van der Waals surface area (Å²) < 4.78 is 33.0. The summed E-state index contributed by atoms with van der Waals surface area (Å²) in [5.41, 5.74) is 5.73. The molecule has 1 aliphatic heterocycles. The van der Waals surface area contributed by atoms with Crippen molar-refractivity contribution in [2.45, 2.75) is 29.2 Å². The summed E-state index contributed by atoms with van der Waals surface area (Å²) in [6, 6.07) is 1.24. The number of nitrogens with two attached hydrogens (primary N) is 1. The van der Waals surface area contributed by atoms with Crippen molar-refractivity contribution in [1.82, 2.24) is 4.31 Å². The molecule has 1 saturated heterocycles. The molecule has 2 N–H and O–H groups in total. The predicted molar refractivity (Wildman–Crippen MR) is 83.8 cm³/mol. The Morgan fingerprint density at radius 1 is 1.65 bits per heavy atom. The molecule has 0 radical (unpaired) electrons. The molecule has 1 aromatic heterocycles. The van der Waals surface area contributed by atoms with Crippen LogP contribution in [0.5, 0.6) is 0 Å². The minimum absolute atomic E-state index is 0.0636. The van der Waals surface area contributed by atoms with Crippen LogP contribution in [-0.4, -0.2) is 45.1 Å². The number of rotatable bonds is 4. The molecule has 20 heavy (non-hydrogen) atoms. The quantitative estimate of drug-likeness (QED) is 0.837. The molecule has 0 bridgehead atoms. The van der Waals surface area contributed by atoms with Gasteiger partial charge < -0.3 is 10.5 Å². The summed E-state index contributed by atoms with van der Waals surface area (Å²) in [6.45, 7) is 0.690. The van der Waals surface area contributed by atoms with Crippen LogP contribution in [0.3, 0.4) is 0 Å². The number of piperidine rings is 1. The molecule has 2 atom stereocenters. The average molecular weight is 404 g/mol. The van der Waals surface area contributed by atoms with Crippen molar-refractivity contribution in [3.63, 3.8) is 0 Å². The van der Waals surface area contributed by atoms with E-state index in [1.54, 1.807) is 7.11 Å². The lowest BCUT2D eigenvalue weighted by Gasteiger charge is -2.37. The van der Waals surface area contributed by atoms with E-state index in [2.05, 4.69) is 15.9 Å². The number of ether oxygens (including phenoxy) is 1. The molecule has 2 rings (SSSR count). The van der Waals surface area contributed by atoms with E-state index in [0.717, 1.165) is 11.3 Å². The van der Waals surface area contributed by atoms with Crippen LogP contribution in [0.1, 0.15) is 12.8 Å². The zero-order valence-electron chi connectivity index (χ0n) is 10.9. The van der Waals surface area contributed by atoms with Gasteiger partial charge in [0.25, 0.3) is 10.0 Å². The van der Waals surface area contributed by atoms with Crippen LogP contribution in [0, 0.1) is 0 Å². The lowest BCUT2D eigenvalue weighted by Crippen LogP contribution is -2.50. The highest BCUT2D eigenvalue weighted by molar-refractivity contribution is 9.11. The minimum atomic E-state index is -3.55. The van der Waals surface area contributed by atoms with Crippen LogP contribution in [-0.2, 0) is 14.8 Å². The van der Waals surface area contributed by atoms with Crippen molar-refractivity contribution < 1.29 is 13.2 Å². The Kier molecular flexibility index (Phi) is 5.50. The second-order valence-corrected chi connectivity index (χ2v) is 9.47. The van der Waals surface area contributed by atoms with E-state index in [1.165, 1.54) is 10.4 Å². The van der Waals surface area contributed by atoms with Gasteiger partial charge in [0, 0.05) is 26.2 Å². The van der Waals surface area contributed by atoms with Crippen molar-refractivity contribution in [2.75, 3.05) is 20.2 Å². The van der Waals surface area contributed by atoms with Gasteiger partial charge in [0.15, 0.2) is 0 Å². The second kappa shape index (κ2) is 6.60. The summed E-state index contributed by atoms with van der Waals surface area (Å²) in [7, 11) is -1.92. The normalized spacial score (nSPS) is 25.0. The van der Waals surface area contributed by atoms with Gasteiger partial charge in [0.2, 0.25) is 0 Å². The fourth-order valence-electron chi connectivity index (χ4n) is 2.31. The Bertz CT molecular complexity index is 559. The first-order valence-corrected chi connectivity index (χ1v) is 9.52. The number of hydrogen-bond acceptors (Lipinski definition) is 5. The molecule has 0 aliphatic carbocycles. The maximum absolute atomic E-state index is 12.7. The van der Waals surface area contributed by atoms with E-state index in [4.69, 9.17) is 22.1 Å². The monoisotopic (exact) mass is 402 g/mol. The zero-order valence-corrected chi connectivity index (χ0v) is 14.9. The number of halogens is 2. The minimum Gasteiger partial charge on any atom is -0.381 e. The molecule has 114 valence electrons. The Hall–Kier alpha value is 0.300. The van der Waals surface area contributed by atoms with Gasteiger partial charge in [0.1, 0.15) is 4.21 Å². The third-order valence-electron chi connectivity index (χ3n) is 3.40. The fraction of sp³-hybridized carbons (Fsp3) is 0.636. The van der Waals surface area contributed by atoms with Crippen LogP contribution >= 0.6 is 38.9 Å². The molecule has 2 heterocycles. The summed E-state index contributed by atoms with van der Waals surface area (Å²) >= 11 is 10.3. The molecule has 9 heteroatoms. The van der Waals surface area contributed by atoms with E-state index in [0.29, 0.717) is 28.2 Å². The van der Waals surface area contributed by atoms with Crippen molar-refractivity contribution in [1.29, 1.82) is 0 Å². The third kappa shape index (κ3) is 3.21. The molecule has 1 aliphatic rings. The largest absolute Gasteiger partial charge is 0.381 e. The first-order chi connectivity index (χ1) is 9.40. The highest BCUT2D eigenvalue weighted by Gasteiger charge is 2.37. The van der Waals surface area contributed by atoms with Gasteiger partial charge in [-0.15, -0.1) is 11.3 Å². The van der Waals surface area contributed by atoms with Crippen molar-refractivity contribution in [3.8, 4) is 0 Å². The van der Waals surface area contributed by atoms with Crippen molar-refractivity contribution in [2.24, 2.45) is 5.73 Å². The highest BCUT2D eigenvalue weighted by atomic mass is 79.9. The van der Waals surface area contributed by atoms with E-state index in [-0.39, 0.29) is 22.9 Å². The molecule has 5 nitrogen and oxygen atoms in total. The Balaban J connectivity index is 2.29. The number of methoxy groups -OCH3 is 1. The molecule has 0 saturated carbocycles. The summed E-state index contributed by atoms with van der Waals surface area (Å²) in [4.78, 5) is 0. The summed E-state index contributed by atoms with van der Waals surface area (Å²) in [6.07, 6.45) is 1.35. The molecule has 2 unspecified atom stereocenters. The number of hydrogen-bond donors (Lipinski definition) is 1. The number of thiophene rings is 1. The molecule has 0 spiro atoms. The van der Waals surface area contributed by atoms with Gasteiger partial charge in [-0.05, 0) is 34.8 Å². The van der Waals surface area contributed by atoms with Crippen LogP contribution in [0.15, 0.2) is 14.1 Å². The lowest BCUT2D eigenvalue weighted by atomic mass is 10.0. The third-order valence-corrected chi connectivity index (χ3v) is 8.28. The van der Waals surface area contributed by atoms with Gasteiger partial charge in [-0.25, -0.2) is 8.42 Å². The molecule has 1 aromatic rings. The van der Waals surface area contributed by atoms with E-state index >= 15 is 0 Å². The van der Waals surface area contributed by atoms with Crippen molar-refractivity contribution in [3.05, 3.63) is 14.9 Å². The summed E-state index contributed by atoms with van der Waals surface area (Å²) in [5.74, 6) is 0. The van der Waals surface area contributed by atoms with Gasteiger partial charge in [-0.2, -0.15) is 4.31 Å². The molecule has 0 aromatic carbocycles. The standard InChI is InChI=1S/C11H16BrClN2O3S2/c1-18-8-2-3-15(7(4-8)6-14)20(16,17)10-5-9(13)11(12)19-10/h5,7-8H,2-4,6,14H2,1H3. The predicted octanol–water partition coefficient (Wildman–Crippen LogP) is 2.29. The maximum Gasteiger partial charge on any atom is 0.252 e. The van der Waals surface area contributed by atoms with Crippen LogP contribution in [0.4, 0.5) is 0 Å². The van der Waals surface area contributed by atoms with Gasteiger partial charge in [-0.3, -0.25) is 0 Å². The van der Waals surface area contributed by atoms with E-state index < -0.39 is 10.0 Å².